The molecule has 0 unspecified atom stereocenters. The van der Waals surface area contributed by atoms with Crippen LogP contribution in [0.4, 0.5) is 0 Å². The van der Waals surface area contributed by atoms with Gasteiger partial charge >= 0.3 is 0 Å². The number of fused-ring (bicyclic) bond motifs is 8. The van der Waals surface area contributed by atoms with Crippen LogP contribution >= 0.6 is 0 Å². The van der Waals surface area contributed by atoms with E-state index in [-0.39, 0.29) is 0 Å². The summed E-state index contributed by atoms with van der Waals surface area (Å²) in [6.45, 7) is 14.1. The van der Waals surface area contributed by atoms with Crippen molar-refractivity contribution in [2.75, 3.05) is 33.0 Å². The predicted octanol–water partition coefficient (Wildman–Crippen LogP) is 10.3. The Bertz CT molecular complexity index is 1520. The fraction of sp³-hybridized carbons (Fsp3) is 0.442. The average molecular weight is 651 g/mol. The zero-order valence-corrected chi connectivity index (χ0v) is 29.8. The van der Waals surface area contributed by atoms with E-state index in [4.69, 9.17) is 23.7 Å². The highest BCUT2D eigenvalue weighted by Crippen LogP contribution is 2.40. The van der Waals surface area contributed by atoms with Gasteiger partial charge in [0.1, 0.15) is 28.7 Å². The summed E-state index contributed by atoms with van der Waals surface area (Å²) < 4.78 is 32.7. The Morgan fingerprint density at radius 1 is 0.354 bits per heavy atom. The number of para-hydroxylation sites is 3. The van der Waals surface area contributed by atoms with Gasteiger partial charge in [0.15, 0.2) is 0 Å². The lowest BCUT2D eigenvalue weighted by Crippen LogP contribution is -2.10. The molecule has 48 heavy (non-hydrogen) atoms. The maximum atomic E-state index is 6.64. The second-order valence-electron chi connectivity index (χ2n) is 12.7. The molecular formula is C43H54O5. The summed E-state index contributed by atoms with van der Waals surface area (Å²) in [6.07, 6.45) is 7.43. The van der Waals surface area contributed by atoms with E-state index in [2.05, 4.69) is 101 Å². The first-order valence-electron chi connectivity index (χ1n) is 18.2. The van der Waals surface area contributed by atoms with Crippen molar-refractivity contribution in [2.45, 2.75) is 92.4 Å². The lowest BCUT2D eigenvalue weighted by Gasteiger charge is -2.23. The van der Waals surface area contributed by atoms with Crippen molar-refractivity contribution >= 4 is 0 Å². The minimum atomic E-state index is 0.642. The van der Waals surface area contributed by atoms with E-state index in [9.17, 15) is 0 Å². The molecule has 1 aliphatic carbocycles. The smallest absolute Gasteiger partial charge is 0.126 e. The third kappa shape index (κ3) is 8.66. The third-order valence-corrected chi connectivity index (χ3v) is 8.55. The summed E-state index contributed by atoms with van der Waals surface area (Å²) in [6, 6.07) is 24.1. The molecule has 4 aromatic rings. The van der Waals surface area contributed by atoms with Gasteiger partial charge in [0.25, 0.3) is 0 Å². The van der Waals surface area contributed by atoms with Crippen molar-refractivity contribution < 1.29 is 23.7 Å². The molecule has 5 nitrogen and oxygen atoms in total. The molecule has 4 aromatic carbocycles. The van der Waals surface area contributed by atoms with Gasteiger partial charge in [0.05, 0.1) is 33.0 Å². The van der Waals surface area contributed by atoms with Crippen LogP contribution in [0.3, 0.4) is 0 Å². The maximum absolute atomic E-state index is 6.64. The van der Waals surface area contributed by atoms with Crippen LogP contribution in [0.1, 0.15) is 111 Å². The van der Waals surface area contributed by atoms with Crippen LogP contribution in [-0.4, -0.2) is 33.0 Å². The second kappa shape index (κ2) is 17.9. The fourth-order valence-corrected chi connectivity index (χ4v) is 6.42. The lowest BCUT2D eigenvalue weighted by atomic mass is 9.91. The van der Waals surface area contributed by atoms with Gasteiger partial charge < -0.3 is 23.7 Å². The summed E-state index contributed by atoms with van der Waals surface area (Å²) in [5.74, 6) is 4.71. The molecule has 0 spiro atoms. The Kier molecular flexibility index (Phi) is 13.1. The highest BCUT2D eigenvalue weighted by Gasteiger charge is 2.22. The van der Waals surface area contributed by atoms with E-state index in [1.165, 1.54) is 11.1 Å². The van der Waals surface area contributed by atoms with E-state index in [1.807, 2.05) is 0 Å². The first-order chi connectivity index (χ1) is 23.6. The molecule has 0 aromatic heterocycles. The van der Waals surface area contributed by atoms with Gasteiger partial charge in [-0.15, -0.1) is 0 Å². The zero-order chi connectivity index (χ0) is 33.7. The van der Waals surface area contributed by atoms with Gasteiger partial charge in [-0.25, -0.2) is 0 Å². The summed E-state index contributed by atoms with van der Waals surface area (Å²) in [4.78, 5) is 0. The second-order valence-corrected chi connectivity index (χ2v) is 12.7. The normalized spacial score (nSPS) is 12.4. The van der Waals surface area contributed by atoms with Gasteiger partial charge in [-0.1, -0.05) is 89.2 Å². The van der Waals surface area contributed by atoms with E-state index < -0.39 is 0 Å². The molecule has 0 amide bonds. The molecule has 0 heterocycles. The zero-order valence-electron chi connectivity index (χ0n) is 29.8. The van der Waals surface area contributed by atoms with Crippen molar-refractivity contribution in [1.82, 2.24) is 0 Å². The lowest BCUT2D eigenvalue weighted by molar-refractivity contribution is 0.301. The van der Waals surface area contributed by atoms with E-state index in [0.717, 1.165) is 94.2 Å². The predicted molar refractivity (Wildman–Crippen MR) is 196 cm³/mol. The molecule has 0 atom stereocenters. The van der Waals surface area contributed by atoms with Crippen LogP contribution in [0.25, 0.3) is 0 Å². The molecule has 5 heteroatoms. The maximum Gasteiger partial charge on any atom is 0.126 e. The molecular weight excluding hydrogens is 596 g/mol. The van der Waals surface area contributed by atoms with Crippen LogP contribution in [0.15, 0.2) is 66.7 Å². The highest BCUT2D eigenvalue weighted by atomic mass is 16.5. The largest absolute Gasteiger partial charge is 0.494 e. The van der Waals surface area contributed by atoms with Gasteiger partial charge in [-0.3, -0.25) is 0 Å². The molecule has 0 N–H and O–H groups in total. The molecule has 256 valence electrons. The fourth-order valence-electron chi connectivity index (χ4n) is 6.42. The van der Waals surface area contributed by atoms with Crippen LogP contribution in [0, 0.1) is 0 Å². The first kappa shape index (κ1) is 35.2. The molecule has 8 bridgehead atoms. The van der Waals surface area contributed by atoms with E-state index >= 15 is 0 Å². The molecule has 0 saturated carbocycles. The van der Waals surface area contributed by atoms with Crippen molar-refractivity contribution in [3.8, 4) is 28.7 Å². The monoisotopic (exact) mass is 650 g/mol. The molecule has 0 aliphatic heterocycles. The topological polar surface area (TPSA) is 46.2 Å². The Morgan fingerprint density at radius 3 is 0.896 bits per heavy atom. The number of hydrogen-bond acceptors (Lipinski definition) is 5. The highest BCUT2D eigenvalue weighted by molar-refractivity contribution is 5.57. The van der Waals surface area contributed by atoms with Crippen LogP contribution in [-0.2, 0) is 25.7 Å². The van der Waals surface area contributed by atoms with Gasteiger partial charge in [0, 0.05) is 36.8 Å². The SMILES string of the molecule is CCCOc1cc2c(OCCC)c(c1)Cc1cccc(c1OCCC)Cc1cccc(c1OCCC)Cc1cccc(c1OCCC)C2. The van der Waals surface area contributed by atoms with Crippen LogP contribution in [0.5, 0.6) is 28.7 Å². The van der Waals surface area contributed by atoms with Crippen molar-refractivity contribution in [2.24, 2.45) is 0 Å². The summed E-state index contributed by atoms with van der Waals surface area (Å²) in [5.41, 5.74) is 9.18. The van der Waals surface area contributed by atoms with Crippen LogP contribution in [0.2, 0.25) is 0 Å². The summed E-state index contributed by atoms with van der Waals surface area (Å²) >= 11 is 0. The molecule has 0 radical (unpaired) electrons. The van der Waals surface area contributed by atoms with Gasteiger partial charge in [-0.05, 0) is 77.6 Å². The molecule has 5 rings (SSSR count). The standard InChI is InChI=1S/C43H54O5/c1-6-20-44-39-29-37-27-35-18-12-16-33(41(35)46-22-8-3)25-31-14-11-15-32(40(31)45-21-7-2)26-34-17-13-19-36(42(34)47-23-9-4)28-38(30-39)43(37)48-24-10-5/h11-19,29-30H,6-10,20-28H2,1-5H3. The molecule has 1 aliphatic rings. The van der Waals surface area contributed by atoms with Crippen LogP contribution < -0.4 is 23.7 Å². The Hall–Kier alpha value is -4.12. The number of ether oxygens (including phenoxy) is 5. The summed E-state index contributed by atoms with van der Waals surface area (Å²) in [5, 5.41) is 0. The number of rotatable bonds is 15. The first-order valence-corrected chi connectivity index (χ1v) is 18.2. The van der Waals surface area contributed by atoms with Gasteiger partial charge in [0.2, 0.25) is 0 Å². The van der Waals surface area contributed by atoms with Crippen molar-refractivity contribution in [1.29, 1.82) is 0 Å². The number of benzene rings is 4. The van der Waals surface area contributed by atoms with E-state index in [1.54, 1.807) is 0 Å². The Morgan fingerprint density at radius 2 is 0.604 bits per heavy atom. The third-order valence-electron chi connectivity index (χ3n) is 8.55. The molecule has 0 fully saturated rings. The van der Waals surface area contributed by atoms with Crippen molar-refractivity contribution in [3.63, 3.8) is 0 Å². The van der Waals surface area contributed by atoms with Gasteiger partial charge in [-0.2, -0.15) is 0 Å². The minimum Gasteiger partial charge on any atom is -0.494 e. The Labute approximate surface area is 288 Å². The average Bonchev–Trinajstić information content (AvgIpc) is 3.09. The van der Waals surface area contributed by atoms with Crippen molar-refractivity contribution in [3.05, 3.63) is 111 Å². The minimum absolute atomic E-state index is 0.642. The number of hydrogen-bond donors (Lipinski definition) is 0. The Balaban J connectivity index is 1.78. The summed E-state index contributed by atoms with van der Waals surface area (Å²) in [7, 11) is 0. The molecule has 0 saturated heterocycles. The quantitative estimate of drug-likeness (QED) is 0.113. The van der Waals surface area contributed by atoms with E-state index in [0.29, 0.717) is 58.7 Å².